The first-order valence-electron chi connectivity index (χ1n) is 3.81. The van der Waals surface area contributed by atoms with E-state index in [0.29, 0.717) is 5.56 Å². The lowest BCUT2D eigenvalue weighted by Gasteiger charge is -1.99. The number of benzene rings is 1. The molecule has 0 N–H and O–H groups in total. The Hall–Kier alpha value is -1.91. The molecule has 13 heavy (non-hydrogen) atoms. The third kappa shape index (κ3) is 2.26. The Bertz CT molecular complexity index is 398. The Morgan fingerprint density at radius 3 is 2.92 bits per heavy atom. The maximum absolute atomic E-state index is 9.89. The first-order valence-corrected chi connectivity index (χ1v) is 3.81. The van der Waals surface area contributed by atoms with Crippen LogP contribution in [0.2, 0.25) is 0 Å². The van der Waals surface area contributed by atoms with Crippen LogP contribution in [0, 0.1) is 18.3 Å². The van der Waals surface area contributed by atoms with E-state index < -0.39 is 0 Å². The van der Waals surface area contributed by atoms with Crippen molar-refractivity contribution in [3.05, 3.63) is 34.9 Å². The Morgan fingerprint density at radius 2 is 2.31 bits per heavy atom. The summed E-state index contributed by atoms with van der Waals surface area (Å²) in [5.74, 6) is 0. The zero-order chi connectivity index (χ0) is 9.68. The first-order chi connectivity index (χ1) is 6.27. The minimum Gasteiger partial charge on any atom is -0.211 e. The van der Waals surface area contributed by atoms with Gasteiger partial charge in [-0.3, -0.25) is 0 Å². The second-order valence-corrected chi connectivity index (χ2v) is 2.68. The van der Waals surface area contributed by atoms with Crippen molar-refractivity contribution in [2.45, 2.75) is 13.5 Å². The molecule has 0 aliphatic carbocycles. The normalized spacial score (nSPS) is 8.62. The summed E-state index contributed by atoms with van der Waals surface area (Å²) in [5, 5.41) is 8.72. The van der Waals surface area contributed by atoms with E-state index in [4.69, 9.17) is 5.26 Å². The number of rotatable bonds is 2. The molecule has 0 unspecified atom stereocenters. The van der Waals surface area contributed by atoms with Crippen LogP contribution in [0.3, 0.4) is 0 Å². The van der Waals surface area contributed by atoms with Gasteiger partial charge in [0.15, 0.2) is 0 Å². The molecule has 1 aromatic carbocycles. The Kier molecular flexibility index (Phi) is 2.97. The van der Waals surface area contributed by atoms with Crippen LogP contribution in [0.25, 0.3) is 0 Å². The zero-order valence-electron chi connectivity index (χ0n) is 7.24. The van der Waals surface area contributed by atoms with Gasteiger partial charge in [-0.05, 0) is 18.6 Å². The van der Waals surface area contributed by atoms with Crippen molar-refractivity contribution in [3.8, 4) is 6.07 Å². The quantitative estimate of drug-likeness (QED) is 0.503. The molecule has 0 heterocycles. The molecular weight excluding hydrogens is 164 g/mol. The number of aryl methyl sites for hydroxylation is 1. The average molecular weight is 172 g/mol. The fourth-order valence-electron chi connectivity index (χ4n) is 1.08. The summed E-state index contributed by atoms with van der Waals surface area (Å²) in [7, 11) is 0. The molecule has 0 amide bonds. The van der Waals surface area contributed by atoms with Crippen LogP contribution < -0.4 is 0 Å². The van der Waals surface area contributed by atoms with Gasteiger partial charge in [0.2, 0.25) is 6.08 Å². The molecule has 0 aromatic heterocycles. The van der Waals surface area contributed by atoms with E-state index in [-0.39, 0.29) is 6.54 Å². The number of aliphatic imine (C=N–C) groups is 1. The number of nitrogens with zero attached hydrogens (tertiary/aromatic N) is 2. The number of isocyanates is 1. The van der Waals surface area contributed by atoms with Crippen molar-refractivity contribution in [2.75, 3.05) is 0 Å². The topological polar surface area (TPSA) is 53.2 Å². The number of carbonyl (C=O) groups excluding carboxylic acids is 1. The van der Waals surface area contributed by atoms with Crippen LogP contribution in [-0.2, 0) is 11.3 Å². The highest BCUT2D eigenvalue weighted by Crippen LogP contribution is 2.11. The van der Waals surface area contributed by atoms with Gasteiger partial charge in [0.05, 0.1) is 18.2 Å². The fourth-order valence-corrected chi connectivity index (χ4v) is 1.08. The molecule has 3 heteroatoms. The van der Waals surface area contributed by atoms with Crippen molar-refractivity contribution >= 4 is 6.08 Å². The van der Waals surface area contributed by atoms with Gasteiger partial charge < -0.3 is 0 Å². The Balaban J connectivity index is 3.09. The minimum atomic E-state index is 0.230. The van der Waals surface area contributed by atoms with Gasteiger partial charge >= 0.3 is 0 Å². The molecule has 0 spiro atoms. The molecule has 0 aliphatic rings. The number of nitriles is 1. The molecule has 0 saturated carbocycles. The molecular formula is C10H8N2O. The van der Waals surface area contributed by atoms with Crippen molar-refractivity contribution in [2.24, 2.45) is 4.99 Å². The molecule has 0 aliphatic heterocycles. The lowest BCUT2D eigenvalue weighted by atomic mass is 10.1. The standard InChI is InChI=1S/C10H8N2O/c1-8-2-3-9(5-11)10(4-8)6-12-7-13/h2-4H,6H2,1H3. The summed E-state index contributed by atoms with van der Waals surface area (Å²) in [6.07, 6.45) is 1.45. The van der Waals surface area contributed by atoms with Crippen molar-refractivity contribution in [1.82, 2.24) is 0 Å². The largest absolute Gasteiger partial charge is 0.235 e. The highest BCUT2D eigenvalue weighted by atomic mass is 16.1. The SMILES string of the molecule is Cc1ccc(C#N)c(CN=C=O)c1. The predicted octanol–water partition coefficient (Wildman–Crippen LogP) is 1.70. The van der Waals surface area contributed by atoms with Crippen molar-refractivity contribution in [1.29, 1.82) is 5.26 Å². The van der Waals surface area contributed by atoms with Gasteiger partial charge in [0.25, 0.3) is 0 Å². The molecule has 3 nitrogen and oxygen atoms in total. The van der Waals surface area contributed by atoms with E-state index in [1.807, 2.05) is 25.1 Å². The molecule has 0 saturated heterocycles. The smallest absolute Gasteiger partial charge is 0.211 e. The highest BCUT2D eigenvalue weighted by Gasteiger charge is 2.00. The van der Waals surface area contributed by atoms with E-state index in [9.17, 15) is 4.79 Å². The van der Waals surface area contributed by atoms with Crippen LogP contribution in [0.4, 0.5) is 0 Å². The van der Waals surface area contributed by atoms with Crippen molar-refractivity contribution < 1.29 is 4.79 Å². The van der Waals surface area contributed by atoms with E-state index in [0.717, 1.165) is 11.1 Å². The van der Waals surface area contributed by atoms with E-state index >= 15 is 0 Å². The lowest BCUT2D eigenvalue weighted by Crippen LogP contribution is -1.88. The Labute approximate surface area is 76.3 Å². The minimum absolute atomic E-state index is 0.230. The molecule has 0 radical (unpaired) electrons. The van der Waals surface area contributed by atoms with Gasteiger partial charge in [-0.2, -0.15) is 5.26 Å². The fraction of sp³-hybridized carbons (Fsp3) is 0.200. The molecule has 64 valence electrons. The van der Waals surface area contributed by atoms with Crippen LogP contribution in [0.1, 0.15) is 16.7 Å². The second kappa shape index (κ2) is 4.20. The van der Waals surface area contributed by atoms with Gasteiger partial charge in [-0.1, -0.05) is 17.7 Å². The van der Waals surface area contributed by atoms with Crippen LogP contribution in [0.15, 0.2) is 23.2 Å². The summed E-state index contributed by atoms with van der Waals surface area (Å²) in [4.78, 5) is 13.3. The molecule has 0 bridgehead atoms. The number of hydrogen-bond donors (Lipinski definition) is 0. The molecule has 0 atom stereocenters. The van der Waals surface area contributed by atoms with Gasteiger partial charge in [-0.15, -0.1) is 0 Å². The second-order valence-electron chi connectivity index (χ2n) is 2.68. The molecule has 1 rings (SSSR count). The average Bonchev–Trinajstić information content (AvgIpc) is 2.15. The van der Waals surface area contributed by atoms with Crippen molar-refractivity contribution in [3.63, 3.8) is 0 Å². The van der Waals surface area contributed by atoms with E-state index in [2.05, 4.69) is 4.99 Å². The van der Waals surface area contributed by atoms with E-state index in [1.165, 1.54) is 6.08 Å². The van der Waals surface area contributed by atoms with Crippen LogP contribution in [0.5, 0.6) is 0 Å². The summed E-state index contributed by atoms with van der Waals surface area (Å²) >= 11 is 0. The third-order valence-corrected chi connectivity index (χ3v) is 1.70. The van der Waals surface area contributed by atoms with E-state index in [1.54, 1.807) is 6.07 Å². The summed E-state index contributed by atoms with van der Waals surface area (Å²) in [5.41, 5.74) is 2.38. The van der Waals surface area contributed by atoms with Gasteiger partial charge in [-0.25, -0.2) is 9.79 Å². The first kappa shape index (κ1) is 9.18. The van der Waals surface area contributed by atoms with Crippen LogP contribution >= 0.6 is 0 Å². The van der Waals surface area contributed by atoms with Gasteiger partial charge in [0, 0.05) is 0 Å². The highest BCUT2D eigenvalue weighted by molar-refractivity contribution is 5.41. The zero-order valence-corrected chi connectivity index (χ0v) is 7.24. The monoisotopic (exact) mass is 172 g/mol. The maximum Gasteiger partial charge on any atom is 0.235 e. The van der Waals surface area contributed by atoms with Crippen LogP contribution in [-0.4, -0.2) is 6.08 Å². The lowest BCUT2D eigenvalue weighted by molar-refractivity contribution is 0.563. The molecule has 0 fully saturated rings. The summed E-state index contributed by atoms with van der Waals surface area (Å²) < 4.78 is 0. The summed E-state index contributed by atoms with van der Waals surface area (Å²) in [6.45, 7) is 2.16. The molecule has 1 aromatic rings. The van der Waals surface area contributed by atoms with Gasteiger partial charge in [0.1, 0.15) is 0 Å². The maximum atomic E-state index is 9.89. The summed E-state index contributed by atoms with van der Waals surface area (Å²) in [6, 6.07) is 7.47. The third-order valence-electron chi connectivity index (χ3n) is 1.70. The number of hydrogen-bond acceptors (Lipinski definition) is 3. The Morgan fingerprint density at radius 1 is 1.54 bits per heavy atom. The predicted molar refractivity (Wildman–Crippen MR) is 47.7 cm³/mol.